The predicted molar refractivity (Wildman–Crippen MR) is 150 cm³/mol. The summed E-state index contributed by atoms with van der Waals surface area (Å²) in [6, 6.07) is 13.7. The molecule has 0 bridgehead atoms. The average Bonchev–Trinajstić information content (AvgIpc) is 3.31. The second kappa shape index (κ2) is 10.6. The van der Waals surface area contributed by atoms with Gasteiger partial charge in [0.2, 0.25) is 5.91 Å². The summed E-state index contributed by atoms with van der Waals surface area (Å²) in [5.41, 5.74) is 2.60. The molecular formula is C27H25Br2N3O3S. The molecule has 5 rings (SSSR count). The van der Waals surface area contributed by atoms with Crippen molar-refractivity contribution in [2.45, 2.75) is 45.3 Å². The third kappa shape index (κ3) is 5.19. The third-order valence-corrected chi connectivity index (χ3v) is 8.65. The van der Waals surface area contributed by atoms with Crippen molar-refractivity contribution in [1.82, 2.24) is 14.4 Å². The van der Waals surface area contributed by atoms with E-state index in [2.05, 4.69) is 38.8 Å². The minimum absolute atomic E-state index is 0.100. The first-order valence-corrected chi connectivity index (χ1v) is 14.3. The number of likely N-dealkylation sites (tertiary alicyclic amines) is 1. The van der Waals surface area contributed by atoms with Gasteiger partial charge in [0.05, 0.1) is 11.4 Å². The van der Waals surface area contributed by atoms with Crippen LogP contribution in [-0.4, -0.2) is 44.0 Å². The van der Waals surface area contributed by atoms with Gasteiger partial charge < -0.3 is 9.47 Å². The average molecular weight is 631 g/mol. The highest BCUT2D eigenvalue weighted by Crippen LogP contribution is 2.36. The van der Waals surface area contributed by atoms with Gasteiger partial charge >= 0.3 is 0 Å². The second-order valence-corrected chi connectivity index (χ2v) is 12.0. The maximum absolute atomic E-state index is 13.2. The SMILES string of the molecule is C[C@@H]1CCCCN1C(=O)Cn1cc(/C=C2\SC(=O)N(Cc3ccc(Br)cc3)C2=O)c2cc(Br)ccc21. The highest BCUT2D eigenvalue weighted by atomic mass is 79.9. The Morgan fingerprint density at radius 1 is 1.08 bits per heavy atom. The molecule has 0 saturated carbocycles. The Labute approximate surface area is 230 Å². The summed E-state index contributed by atoms with van der Waals surface area (Å²) >= 11 is 7.90. The van der Waals surface area contributed by atoms with E-state index in [4.69, 9.17) is 0 Å². The quantitative estimate of drug-likeness (QED) is 0.291. The first-order chi connectivity index (χ1) is 17.3. The zero-order valence-corrected chi connectivity index (χ0v) is 23.7. The highest BCUT2D eigenvalue weighted by molar-refractivity contribution is 9.10. The minimum Gasteiger partial charge on any atom is -0.338 e. The Kier molecular flexibility index (Phi) is 7.42. The fraction of sp³-hybridized carbons (Fsp3) is 0.296. The molecule has 2 saturated heterocycles. The summed E-state index contributed by atoms with van der Waals surface area (Å²) in [4.78, 5) is 42.6. The molecular weight excluding hydrogens is 606 g/mol. The molecule has 2 fully saturated rings. The van der Waals surface area contributed by atoms with Crippen LogP contribution in [0.25, 0.3) is 17.0 Å². The van der Waals surface area contributed by atoms with Crippen molar-refractivity contribution in [2.75, 3.05) is 6.54 Å². The normalized spacial score (nSPS) is 19.6. The lowest BCUT2D eigenvalue weighted by molar-refractivity contribution is -0.135. The van der Waals surface area contributed by atoms with E-state index < -0.39 is 0 Å². The van der Waals surface area contributed by atoms with Crippen LogP contribution in [0.4, 0.5) is 4.79 Å². The molecule has 2 aliphatic heterocycles. The number of halogens is 2. The summed E-state index contributed by atoms with van der Waals surface area (Å²) in [6.07, 6.45) is 6.91. The molecule has 2 aromatic carbocycles. The lowest BCUT2D eigenvalue weighted by atomic mass is 10.0. The number of piperidine rings is 1. The molecule has 186 valence electrons. The van der Waals surface area contributed by atoms with E-state index in [1.807, 2.05) is 58.1 Å². The van der Waals surface area contributed by atoms with Crippen molar-refractivity contribution in [3.8, 4) is 0 Å². The summed E-state index contributed by atoms with van der Waals surface area (Å²) < 4.78 is 3.79. The first kappa shape index (κ1) is 25.3. The number of rotatable bonds is 5. The van der Waals surface area contributed by atoms with Gasteiger partial charge in [0.15, 0.2) is 0 Å². The van der Waals surface area contributed by atoms with E-state index in [-0.39, 0.29) is 36.2 Å². The van der Waals surface area contributed by atoms with E-state index in [0.717, 1.165) is 68.5 Å². The van der Waals surface area contributed by atoms with Crippen molar-refractivity contribution in [3.63, 3.8) is 0 Å². The Morgan fingerprint density at radius 2 is 1.83 bits per heavy atom. The van der Waals surface area contributed by atoms with Gasteiger partial charge in [0.1, 0.15) is 6.54 Å². The zero-order chi connectivity index (χ0) is 25.4. The van der Waals surface area contributed by atoms with Crippen molar-refractivity contribution in [3.05, 3.63) is 73.6 Å². The Hall–Kier alpha value is -2.36. The number of hydrogen-bond donors (Lipinski definition) is 0. The largest absolute Gasteiger partial charge is 0.338 e. The van der Waals surface area contributed by atoms with Gasteiger partial charge in [0.25, 0.3) is 11.1 Å². The molecule has 1 atom stereocenters. The molecule has 0 aliphatic carbocycles. The van der Waals surface area contributed by atoms with Gasteiger partial charge in [-0.15, -0.1) is 0 Å². The summed E-state index contributed by atoms with van der Waals surface area (Å²) in [6.45, 7) is 3.37. The molecule has 3 heterocycles. The topological polar surface area (TPSA) is 62.6 Å². The number of amides is 3. The van der Waals surface area contributed by atoms with Gasteiger partial charge in [-0.25, -0.2) is 0 Å². The summed E-state index contributed by atoms with van der Waals surface area (Å²) in [7, 11) is 0. The number of thioether (sulfide) groups is 1. The van der Waals surface area contributed by atoms with Crippen LogP contribution < -0.4 is 0 Å². The standard InChI is InChI=1S/C27H25Br2N3O3S/c1-17-4-2-3-11-31(17)25(33)16-30-15-19(22-13-21(29)9-10-23(22)30)12-24-26(34)32(27(35)36-24)14-18-5-7-20(28)8-6-18/h5-10,12-13,15,17H,2-4,11,14,16H2,1H3/b24-12-/t17-/m1/s1. The van der Waals surface area contributed by atoms with Crippen LogP contribution in [0.15, 0.2) is 62.5 Å². The van der Waals surface area contributed by atoms with E-state index in [0.29, 0.717) is 4.91 Å². The fourth-order valence-electron chi connectivity index (χ4n) is 4.80. The molecule has 0 N–H and O–H groups in total. The number of aromatic nitrogens is 1. The Morgan fingerprint density at radius 3 is 2.58 bits per heavy atom. The van der Waals surface area contributed by atoms with Gasteiger partial charge in [-0.1, -0.05) is 44.0 Å². The highest BCUT2D eigenvalue weighted by Gasteiger charge is 2.35. The predicted octanol–water partition coefficient (Wildman–Crippen LogP) is 6.80. The molecule has 6 nitrogen and oxygen atoms in total. The molecule has 3 amide bonds. The molecule has 0 spiro atoms. The van der Waals surface area contributed by atoms with E-state index in [1.165, 1.54) is 4.90 Å². The van der Waals surface area contributed by atoms with E-state index >= 15 is 0 Å². The van der Waals surface area contributed by atoms with Crippen LogP contribution in [0.5, 0.6) is 0 Å². The number of carbonyl (C=O) groups excluding carboxylic acids is 3. The third-order valence-electron chi connectivity index (χ3n) is 6.72. The Balaban J connectivity index is 1.43. The van der Waals surface area contributed by atoms with Crippen LogP contribution >= 0.6 is 43.6 Å². The van der Waals surface area contributed by atoms with E-state index in [1.54, 1.807) is 6.08 Å². The van der Waals surface area contributed by atoms with Crippen LogP contribution in [0.1, 0.15) is 37.3 Å². The van der Waals surface area contributed by atoms with Crippen LogP contribution in [0.2, 0.25) is 0 Å². The van der Waals surface area contributed by atoms with Crippen LogP contribution in [0, 0.1) is 0 Å². The number of nitrogens with zero attached hydrogens (tertiary/aromatic N) is 3. The summed E-state index contributed by atoms with van der Waals surface area (Å²) in [5, 5.41) is 0.636. The first-order valence-electron chi connectivity index (χ1n) is 11.9. The number of hydrogen-bond acceptors (Lipinski definition) is 4. The van der Waals surface area contributed by atoms with Crippen molar-refractivity contribution < 1.29 is 14.4 Å². The van der Waals surface area contributed by atoms with Gasteiger partial charge in [-0.3, -0.25) is 19.3 Å². The lowest BCUT2D eigenvalue weighted by Gasteiger charge is -2.33. The molecule has 36 heavy (non-hydrogen) atoms. The molecule has 1 aromatic heterocycles. The fourth-order valence-corrected chi connectivity index (χ4v) is 6.25. The number of benzene rings is 2. The Bertz CT molecular complexity index is 1380. The number of carbonyl (C=O) groups is 3. The number of fused-ring (bicyclic) bond motifs is 1. The maximum Gasteiger partial charge on any atom is 0.293 e. The van der Waals surface area contributed by atoms with Crippen LogP contribution in [0.3, 0.4) is 0 Å². The van der Waals surface area contributed by atoms with Gasteiger partial charge in [-0.2, -0.15) is 0 Å². The van der Waals surface area contributed by atoms with Crippen molar-refractivity contribution >= 4 is 77.7 Å². The zero-order valence-electron chi connectivity index (χ0n) is 19.7. The molecule has 0 radical (unpaired) electrons. The maximum atomic E-state index is 13.2. The summed E-state index contributed by atoms with van der Waals surface area (Å²) in [5.74, 6) is -0.203. The molecule has 9 heteroatoms. The molecule has 3 aromatic rings. The second-order valence-electron chi connectivity index (χ2n) is 9.20. The van der Waals surface area contributed by atoms with Crippen molar-refractivity contribution in [1.29, 1.82) is 0 Å². The van der Waals surface area contributed by atoms with Gasteiger partial charge in [0, 0.05) is 44.2 Å². The van der Waals surface area contributed by atoms with Crippen molar-refractivity contribution in [2.24, 2.45) is 0 Å². The van der Waals surface area contributed by atoms with E-state index in [9.17, 15) is 14.4 Å². The smallest absolute Gasteiger partial charge is 0.293 e. The monoisotopic (exact) mass is 629 g/mol. The molecule has 0 unspecified atom stereocenters. The van der Waals surface area contributed by atoms with Gasteiger partial charge in [-0.05, 0) is 79.9 Å². The minimum atomic E-state index is -0.304. The lowest BCUT2D eigenvalue weighted by Crippen LogP contribution is -2.43. The van der Waals surface area contributed by atoms with Crippen LogP contribution in [-0.2, 0) is 22.7 Å². The molecule has 2 aliphatic rings. The number of imide groups is 1.